The van der Waals surface area contributed by atoms with Gasteiger partial charge in [-0.2, -0.15) is 0 Å². The second-order valence-electron chi connectivity index (χ2n) is 9.12. The molecule has 6 rings (SSSR count). The van der Waals surface area contributed by atoms with Gasteiger partial charge in [0.15, 0.2) is 0 Å². The number of aromatic nitrogens is 1. The average molecular weight is 418 g/mol. The summed E-state index contributed by atoms with van der Waals surface area (Å²) in [5.41, 5.74) is 7.69. The zero-order valence-corrected chi connectivity index (χ0v) is 18.3. The molecule has 0 aliphatic heterocycles. The fourth-order valence-electron chi connectivity index (χ4n) is 5.28. The van der Waals surface area contributed by atoms with Crippen LogP contribution >= 0.6 is 0 Å². The molecule has 0 unspecified atom stereocenters. The van der Waals surface area contributed by atoms with Crippen molar-refractivity contribution in [3.05, 3.63) is 90.6 Å². The van der Waals surface area contributed by atoms with Crippen molar-refractivity contribution in [2.24, 2.45) is 5.92 Å². The van der Waals surface area contributed by atoms with E-state index in [1.54, 1.807) is 0 Å². The van der Waals surface area contributed by atoms with Crippen LogP contribution in [0, 0.1) is 5.92 Å². The Morgan fingerprint density at radius 1 is 0.750 bits per heavy atom. The Hall–Kier alpha value is -3.39. The van der Waals surface area contributed by atoms with Gasteiger partial charge in [-0.05, 0) is 59.4 Å². The van der Waals surface area contributed by atoms with Crippen LogP contribution in [0.1, 0.15) is 37.7 Å². The molecule has 3 aromatic carbocycles. The van der Waals surface area contributed by atoms with Crippen LogP contribution in [0.25, 0.3) is 44.3 Å². The summed E-state index contributed by atoms with van der Waals surface area (Å²) in [7, 11) is 0. The third-order valence-corrected chi connectivity index (χ3v) is 6.96. The molecule has 0 saturated heterocycles. The highest BCUT2D eigenvalue weighted by molar-refractivity contribution is 6.10. The maximum Gasteiger partial charge on any atom is 0.144 e. The van der Waals surface area contributed by atoms with Crippen molar-refractivity contribution in [2.45, 2.75) is 38.5 Å². The largest absolute Gasteiger partial charge is 0.455 e. The van der Waals surface area contributed by atoms with E-state index >= 15 is 0 Å². The molecule has 0 spiro atoms. The van der Waals surface area contributed by atoms with Gasteiger partial charge in [-0.1, -0.05) is 80.6 Å². The zero-order chi connectivity index (χ0) is 21.3. The molecule has 1 aliphatic carbocycles. The van der Waals surface area contributed by atoms with Gasteiger partial charge in [-0.3, -0.25) is 4.98 Å². The first-order chi connectivity index (χ1) is 15.8. The predicted molar refractivity (Wildman–Crippen MR) is 133 cm³/mol. The van der Waals surface area contributed by atoms with E-state index < -0.39 is 0 Å². The minimum Gasteiger partial charge on any atom is -0.455 e. The van der Waals surface area contributed by atoms with Crippen molar-refractivity contribution in [2.75, 3.05) is 0 Å². The van der Waals surface area contributed by atoms with Crippen LogP contribution in [0.2, 0.25) is 0 Å². The topological polar surface area (TPSA) is 26.0 Å². The molecule has 1 saturated carbocycles. The number of hydrogen-bond acceptors (Lipinski definition) is 2. The van der Waals surface area contributed by atoms with Gasteiger partial charge >= 0.3 is 0 Å². The molecule has 1 fully saturated rings. The first-order valence-electron chi connectivity index (χ1n) is 11.8. The maximum absolute atomic E-state index is 6.45. The third-order valence-electron chi connectivity index (χ3n) is 6.96. The standard InChI is InChI=1S/C30H27NO/c1-3-8-21(9-4-1)18-22-16-17-31-28(19-22)27-13-7-12-26-25-15-14-24(20-29(25)32-30(26)27)23-10-5-2-6-11-23/h2,5-7,10-17,19-21H,1,3-4,8-9,18H2. The molecule has 2 heteroatoms. The number of para-hydroxylation sites is 1. The molecule has 2 nitrogen and oxygen atoms in total. The highest BCUT2D eigenvalue weighted by atomic mass is 16.3. The lowest BCUT2D eigenvalue weighted by atomic mass is 9.85. The molecule has 2 heterocycles. The van der Waals surface area contributed by atoms with E-state index in [0.29, 0.717) is 0 Å². The molecule has 1 aliphatic rings. The van der Waals surface area contributed by atoms with Gasteiger partial charge in [0.05, 0.1) is 5.69 Å². The van der Waals surface area contributed by atoms with Gasteiger partial charge in [0.25, 0.3) is 0 Å². The second-order valence-corrected chi connectivity index (χ2v) is 9.12. The lowest BCUT2D eigenvalue weighted by molar-refractivity contribution is 0.356. The van der Waals surface area contributed by atoms with E-state index in [1.165, 1.54) is 48.8 Å². The second kappa shape index (κ2) is 8.27. The molecule has 32 heavy (non-hydrogen) atoms. The fraction of sp³-hybridized carbons (Fsp3) is 0.233. The quantitative estimate of drug-likeness (QED) is 0.293. The maximum atomic E-state index is 6.45. The number of hydrogen-bond donors (Lipinski definition) is 0. The summed E-state index contributed by atoms with van der Waals surface area (Å²) < 4.78 is 6.45. The van der Waals surface area contributed by atoms with Crippen molar-refractivity contribution in [1.82, 2.24) is 4.98 Å². The number of rotatable bonds is 4. The number of nitrogens with zero attached hydrogens (tertiary/aromatic N) is 1. The molecule has 0 atom stereocenters. The smallest absolute Gasteiger partial charge is 0.144 e. The minimum atomic E-state index is 0.817. The van der Waals surface area contributed by atoms with E-state index in [9.17, 15) is 0 Å². The normalized spacial score (nSPS) is 14.9. The van der Waals surface area contributed by atoms with E-state index in [4.69, 9.17) is 9.40 Å². The summed E-state index contributed by atoms with van der Waals surface area (Å²) in [6.45, 7) is 0. The summed E-state index contributed by atoms with van der Waals surface area (Å²) in [5, 5.41) is 2.30. The van der Waals surface area contributed by atoms with Crippen molar-refractivity contribution >= 4 is 21.9 Å². The molecule has 0 bridgehead atoms. The van der Waals surface area contributed by atoms with E-state index in [1.807, 2.05) is 12.3 Å². The van der Waals surface area contributed by atoms with Crippen molar-refractivity contribution in [3.63, 3.8) is 0 Å². The van der Waals surface area contributed by atoms with Crippen LogP contribution in [0.3, 0.4) is 0 Å². The molecular formula is C30H27NO. The summed E-state index contributed by atoms with van der Waals surface area (Å²) >= 11 is 0. The number of benzene rings is 3. The van der Waals surface area contributed by atoms with Gasteiger partial charge in [0.2, 0.25) is 0 Å². The molecule has 0 amide bonds. The van der Waals surface area contributed by atoms with Crippen molar-refractivity contribution in [3.8, 4) is 22.4 Å². The molecule has 5 aromatic rings. The summed E-state index contributed by atoms with van der Waals surface area (Å²) in [5.74, 6) is 0.817. The lowest BCUT2D eigenvalue weighted by Gasteiger charge is -2.21. The Kier molecular flexibility index (Phi) is 4.99. The zero-order valence-electron chi connectivity index (χ0n) is 18.3. The molecule has 2 aromatic heterocycles. The summed E-state index contributed by atoms with van der Waals surface area (Å²) in [6.07, 6.45) is 10.0. The lowest BCUT2D eigenvalue weighted by Crippen LogP contribution is -2.09. The van der Waals surface area contributed by atoms with E-state index in [0.717, 1.165) is 45.5 Å². The molecule has 0 radical (unpaired) electrons. The number of fused-ring (bicyclic) bond motifs is 3. The first kappa shape index (κ1) is 19.3. The third kappa shape index (κ3) is 3.60. The Labute approximate surface area is 188 Å². The monoisotopic (exact) mass is 417 g/mol. The first-order valence-corrected chi connectivity index (χ1v) is 11.8. The summed E-state index contributed by atoms with van der Waals surface area (Å²) in [6, 6.07) is 27.8. The number of pyridine rings is 1. The average Bonchev–Trinajstić information content (AvgIpc) is 3.23. The van der Waals surface area contributed by atoms with E-state index in [-0.39, 0.29) is 0 Å². The Balaban J connectivity index is 1.41. The summed E-state index contributed by atoms with van der Waals surface area (Å²) in [4.78, 5) is 4.73. The predicted octanol–water partition coefficient (Wildman–Crippen LogP) is 8.44. The Morgan fingerprint density at radius 2 is 1.62 bits per heavy atom. The number of furan rings is 1. The van der Waals surface area contributed by atoms with Gasteiger partial charge in [0, 0.05) is 22.5 Å². The van der Waals surface area contributed by atoms with Gasteiger partial charge < -0.3 is 4.42 Å². The minimum absolute atomic E-state index is 0.817. The molecule has 158 valence electrons. The molecular weight excluding hydrogens is 390 g/mol. The van der Waals surface area contributed by atoms with E-state index in [2.05, 4.69) is 72.8 Å². The molecule has 0 N–H and O–H groups in total. The Morgan fingerprint density at radius 3 is 2.50 bits per heavy atom. The van der Waals surface area contributed by atoms with Crippen LogP contribution in [-0.2, 0) is 6.42 Å². The van der Waals surface area contributed by atoms with Gasteiger partial charge in [-0.25, -0.2) is 0 Å². The van der Waals surface area contributed by atoms with Crippen LogP contribution in [0.4, 0.5) is 0 Å². The van der Waals surface area contributed by atoms with Gasteiger partial charge in [-0.15, -0.1) is 0 Å². The highest BCUT2D eigenvalue weighted by Gasteiger charge is 2.16. The SMILES string of the molecule is c1ccc(-c2ccc3c(c2)oc2c(-c4cc(CC5CCCCC5)ccn4)cccc23)cc1. The van der Waals surface area contributed by atoms with Crippen LogP contribution in [0.15, 0.2) is 89.5 Å². The van der Waals surface area contributed by atoms with Crippen molar-refractivity contribution in [1.29, 1.82) is 0 Å². The van der Waals surface area contributed by atoms with Crippen LogP contribution in [-0.4, -0.2) is 4.98 Å². The van der Waals surface area contributed by atoms with Crippen molar-refractivity contribution < 1.29 is 4.42 Å². The Bertz CT molecular complexity index is 1380. The van der Waals surface area contributed by atoms with Crippen LogP contribution in [0.5, 0.6) is 0 Å². The van der Waals surface area contributed by atoms with Gasteiger partial charge in [0.1, 0.15) is 11.2 Å². The van der Waals surface area contributed by atoms with Crippen LogP contribution < -0.4 is 0 Å². The fourth-order valence-corrected chi connectivity index (χ4v) is 5.28. The highest BCUT2D eigenvalue weighted by Crippen LogP contribution is 2.37.